The van der Waals surface area contributed by atoms with Gasteiger partial charge in [-0.1, -0.05) is 484 Å². The Bertz CT molecular complexity index is 1280. The Labute approximate surface area is 651 Å². The van der Waals surface area contributed by atoms with Gasteiger partial charge in [-0.2, -0.15) is 0 Å². The number of hydrogen-bond acceptors (Lipinski definition) is 10. The standard InChI is InChI=1S/5C18H36O2.B.Zn/c5*1-2-3-4-5-6-7-8-9-10-11-12-13-14-15-16-17-18(19)20;;/h5*2-17H2,1H3,(H,19,20);;/q;;;;;+3;+2/p-5. The summed E-state index contributed by atoms with van der Waals surface area (Å²) < 4.78 is 0. The average Bonchev–Trinajstić information content (AvgIpc) is 3.77. The van der Waals surface area contributed by atoms with Crippen LogP contribution in [0.3, 0.4) is 0 Å². The summed E-state index contributed by atoms with van der Waals surface area (Å²) >= 11 is 0. The normalized spacial score (nSPS) is 10.6. The molecule has 0 aromatic carbocycles. The van der Waals surface area contributed by atoms with Crippen molar-refractivity contribution in [1.29, 1.82) is 0 Å². The molecule has 0 saturated carbocycles. The first-order valence-corrected chi connectivity index (χ1v) is 44.8. The Morgan fingerprint density at radius 2 is 0.196 bits per heavy atom. The summed E-state index contributed by atoms with van der Waals surface area (Å²) in [4.78, 5) is 51.1. The minimum atomic E-state index is -0.903. The van der Waals surface area contributed by atoms with Crippen molar-refractivity contribution in [2.75, 3.05) is 0 Å². The third-order valence-corrected chi connectivity index (χ3v) is 19.9. The summed E-state index contributed by atoms with van der Waals surface area (Å²) in [6.45, 7) is 11.3. The molecule has 0 atom stereocenters. The smallest absolute Gasteiger partial charge is 0.550 e. The number of rotatable bonds is 80. The predicted octanol–water partition coefficient (Wildman–Crippen LogP) is 24.6. The monoisotopic (exact) mass is 1490 g/mol. The minimum Gasteiger partial charge on any atom is -0.550 e. The number of carbonyl (C=O) groups is 5. The zero-order chi connectivity index (χ0) is 74.5. The van der Waals surface area contributed by atoms with Gasteiger partial charge >= 0.3 is 27.9 Å². The summed E-state index contributed by atoms with van der Waals surface area (Å²) in [5, 5.41) is 51.1. The van der Waals surface area contributed by atoms with Gasteiger partial charge in [0.15, 0.2) is 0 Å². The number of aliphatic carboxylic acids is 5. The van der Waals surface area contributed by atoms with Gasteiger partial charge in [0.05, 0.1) is 0 Å². The third kappa shape index (κ3) is 134. The van der Waals surface area contributed by atoms with E-state index in [-0.39, 0.29) is 60.0 Å². The van der Waals surface area contributed by atoms with Gasteiger partial charge in [0.25, 0.3) is 0 Å². The summed E-state index contributed by atoms with van der Waals surface area (Å²) in [6, 6.07) is 0. The van der Waals surface area contributed by atoms with Crippen LogP contribution in [-0.2, 0) is 43.5 Å². The van der Waals surface area contributed by atoms with E-state index in [0.717, 1.165) is 64.2 Å². The van der Waals surface area contributed by atoms with Crippen LogP contribution < -0.4 is 25.5 Å². The molecule has 12 heteroatoms. The molecular weight excluding hydrogens is 1320 g/mol. The van der Waals surface area contributed by atoms with Crippen molar-refractivity contribution in [3.63, 3.8) is 0 Å². The van der Waals surface area contributed by atoms with E-state index < -0.39 is 29.8 Å². The van der Waals surface area contributed by atoms with Crippen LogP contribution >= 0.6 is 0 Å². The second kappa shape index (κ2) is 110. The van der Waals surface area contributed by atoms with Gasteiger partial charge < -0.3 is 49.5 Å². The maximum atomic E-state index is 10.2. The Morgan fingerprint density at radius 3 is 0.255 bits per heavy atom. The van der Waals surface area contributed by atoms with Gasteiger partial charge in [-0.05, 0) is 64.2 Å². The van der Waals surface area contributed by atoms with E-state index in [9.17, 15) is 49.5 Å². The molecule has 600 valence electrons. The van der Waals surface area contributed by atoms with Gasteiger partial charge in [-0.3, -0.25) is 0 Å². The van der Waals surface area contributed by atoms with Crippen LogP contribution in [0.4, 0.5) is 0 Å². The van der Waals surface area contributed by atoms with Crippen LogP contribution in [-0.4, -0.2) is 38.3 Å². The largest absolute Gasteiger partial charge is 3.00 e. The molecule has 102 heavy (non-hydrogen) atoms. The van der Waals surface area contributed by atoms with Crippen LogP contribution in [0.2, 0.25) is 0 Å². The Morgan fingerprint density at radius 1 is 0.137 bits per heavy atom. The molecule has 0 aromatic heterocycles. The molecule has 0 rings (SSSR count). The number of unbranched alkanes of at least 4 members (excludes halogenated alkanes) is 70. The number of carbonyl (C=O) groups excluding carboxylic acids is 5. The van der Waals surface area contributed by atoms with Crippen molar-refractivity contribution in [2.24, 2.45) is 0 Å². The first-order chi connectivity index (χ1) is 48.9. The fraction of sp³-hybridized carbons (Fsp3) is 0.944. The number of carboxylic acids is 5. The quantitative estimate of drug-likeness (QED) is 0.0417. The van der Waals surface area contributed by atoms with Crippen molar-refractivity contribution in [2.45, 2.75) is 548 Å². The minimum absolute atomic E-state index is 0. The molecule has 0 fully saturated rings. The molecule has 0 amide bonds. The van der Waals surface area contributed by atoms with Crippen molar-refractivity contribution in [3.8, 4) is 0 Å². The topological polar surface area (TPSA) is 201 Å². The molecule has 0 N–H and O–H groups in total. The maximum Gasteiger partial charge on any atom is 3.00 e. The Balaban J connectivity index is -0.000000220. The van der Waals surface area contributed by atoms with Crippen LogP contribution in [0, 0.1) is 0 Å². The second-order valence-electron chi connectivity index (χ2n) is 30.4. The molecule has 0 unspecified atom stereocenters. The third-order valence-electron chi connectivity index (χ3n) is 19.9. The molecule has 10 nitrogen and oxygen atoms in total. The molecule has 0 saturated heterocycles. The molecule has 0 aliphatic rings. The van der Waals surface area contributed by atoms with E-state index >= 15 is 0 Å². The first-order valence-electron chi connectivity index (χ1n) is 44.8. The van der Waals surface area contributed by atoms with Crippen LogP contribution in [0.1, 0.15) is 548 Å². The van der Waals surface area contributed by atoms with E-state index in [2.05, 4.69) is 34.6 Å². The Kier molecular flexibility index (Phi) is 122. The van der Waals surface area contributed by atoms with E-state index in [0.29, 0.717) is 0 Å². The van der Waals surface area contributed by atoms with E-state index in [1.165, 1.54) is 417 Å². The number of hydrogen-bond donors (Lipinski definition) is 0. The van der Waals surface area contributed by atoms with Gasteiger partial charge in [-0.25, -0.2) is 0 Å². The zero-order valence-corrected chi connectivity index (χ0v) is 72.4. The van der Waals surface area contributed by atoms with Crippen LogP contribution in [0.5, 0.6) is 0 Å². The van der Waals surface area contributed by atoms with Gasteiger partial charge in [0.2, 0.25) is 0 Å². The van der Waals surface area contributed by atoms with Crippen LogP contribution in [0.15, 0.2) is 0 Å². The van der Waals surface area contributed by atoms with Crippen molar-refractivity contribution >= 4 is 38.3 Å². The molecule has 0 aliphatic carbocycles. The fourth-order valence-electron chi connectivity index (χ4n) is 13.2. The van der Waals surface area contributed by atoms with Crippen molar-refractivity contribution in [3.05, 3.63) is 0 Å². The SMILES string of the molecule is CCCCCCCCCCCCCCCCCC(=O)[O-].CCCCCCCCCCCCCCCCCC(=O)[O-].CCCCCCCCCCCCCCCCCC(=O)[O-].CCCCCCCCCCCCCCCCCC(=O)[O-].CCCCCCCCCCCCCCCCCC(=O)[O-].[B+3].[Zn+2]. The van der Waals surface area contributed by atoms with Crippen molar-refractivity contribution < 1.29 is 69.0 Å². The molecule has 0 heterocycles. The van der Waals surface area contributed by atoms with E-state index in [1.807, 2.05) is 0 Å². The zero-order valence-electron chi connectivity index (χ0n) is 69.4. The molecular formula is C90H175BO10Zn. The van der Waals surface area contributed by atoms with Crippen molar-refractivity contribution in [1.82, 2.24) is 0 Å². The first kappa shape index (κ1) is 113. The van der Waals surface area contributed by atoms with Gasteiger partial charge in [0, 0.05) is 29.8 Å². The van der Waals surface area contributed by atoms with Gasteiger partial charge in [0.1, 0.15) is 0 Å². The second-order valence-corrected chi connectivity index (χ2v) is 30.4. The van der Waals surface area contributed by atoms with Gasteiger partial charge in [-0.15, -0.1) is 0 Å². The number of carboxylic acid groups (broad SMARTS) is 5. The molecule has 0 aromatic rings. The predicted molar refractivity (Wildman–Crippen MR) is 429 cm³/mol. The maximum absolute atomic E-state index is 10.2. The van der Waals surface area contributed by atoms with E-state index in [4.69, 9.17) is 0 Å². The Hall–Kier alpha value is -1.96. The summed E-state index contributed by atoms with van der Waals surface area (Å²) in [7, 11) is 0. The summed E-state index contributed by atoms with van der Waals surface area (Å²) in [6.07, 6.45) is 99.3. The molecule has 0 spiro atoms. The average molecular weight is 1490 g/mol. The fourth-order valence-corrected chi connectivity index (χ4v) is 13.2. The molecule has 0 radical (unpaired) electrons. The van der Waals surface area contributed by atoms with Crippen LogP contribution in [0.25, 0.3) is 0 Å². The summed E-state index contributed by atoms with van der Waals surface area (Å²) in [5.41, 5.74) is 0. The molecule has 0 bridgehead atoms. The van der Waals surface area contributed by atoms with E-state index in [1.54, 1.807) is 0 Å². The summed E-state index contributed by atoms with van der Waals surface area (Å²) in [5.74, 6) is -4.52. The molecule has 0 aliphatic heterocycles.